The number of anilines is 2. The predicted molar refractivity (Wildman–Crippen MR) is 103 cm³/mol. The van der Waals surface area contributed by atoms with Gasteiger partial charge in [0.2, 0.25) is 0 Å². The van der Waals surface area contributed by atoms with Crippen molar-refractivity contribution in [3.8, 4) is 0 Å². The zero-order valence-corrected chi connectivity index (χ0v) is 15.0. The number of pyridine rings is 1. The Balaban J connectivity index is 1.52. The fraction of sp³-hybridized carbons (Fsp3) is 0.476. The third kappa shape index (κ3) is 3.11. The molecule has 2 aliphatic rings. The number of nitrogens with zero attached hydrogens (tertiary/aromatic N) is 2. The van der Waals surface area contributed by atoms with Crippen LogP contribution in [0.4, 0.5) is 15.8 Å². The summed E-state index contributed by atoms with van der Waals surface area (Å²) in [5.74, 6) is 0.629. The van der Waals surface area contributed by atoms with Crippen molar-refractivity contribution in [3.05, 3.63) is 58.5 Å². The molecule has 0 unspecified atom stereocenters. The summed E-state index contributed by atoms with van der Waals surface area (Å²) >= 11 is 0. The summed E-state index contributed by atoms with van der Waals surface area (Å²) in [6.07, 6.45) is 5.70. The Labute approximate surface area is 153 Å². The minimum atomic E-state index is -0.423. The molecule has 0 atom stereocenters. The first kappa shape index (κ1) is 17.1. The molecule has 2 heterocycles. The summed E-state index contributed by atoms with van der Waals surface area (Å²) in [5.41, 5.74) is 7.83. The van der Waals surface area contributed by atoms with E-state index in [2.05, 4.69) is 4.90 Å². The van der Waals surface area contributed by atoms with Gasteiger partial charge in [-0.1, -0.05) is 30.3 Å². The number of aromatic nitrogens is 1. The van der Waals surface area contributed by atoms with Gasteiger partial charge < -0.3 is 15.2 Å². The summed E-state index contributed by atoms with van der Waals surface area (Å²) in [7, 11) is 0. The summed E-state index contributed by atoms with van der Waals surface area (Å²) in [5, 5.41) is 0. The van der Waals surface area contributed by atoms with Crippen molar-refractivity contribution in [2.45, 2.75) is 37.6 Å². The Morgan fingerprint density at radius 1 is 1.12 bits per heavy atom. The van der Waals surface area contributed by atoms with Gasteiger partial charge in [0.25, 0.3) is 5.56 Å². The molecule has 138 valence electrons. The molecule has 1 aromatic carbocycles. The summed E-state index contributed by atoms with van der Waals surface area (Å²) in [4.78, 5) is 14.7. The van der Waals surface area contributed by atoms with Crippen molar-refractivity contribution < 1.29 is 4.39 Å². The van der Waals surface area contributed by atoms with Gasteiger partial charge in [-0.2, -0.15) is 0 Å². The lowest BCUT2D eigenvalue weighted by Gasteiger charge is -2.41. The molecule has 1 saturated carbocycles. The number of benzene rings is 1. The van der Waals surface area contributed by atoms with Crippen LogP contribution in [0.2, 0.25) is 0 Å². The average Bonchev–Trinajstić information content (AvgIpc) is 3.51. The van der Waals surface area contributed by atoms with Crippen LogP contribution in [0.25, 0.3) is 0 Å². The van der Waals surface area contributed by atoms with E-state index in [-0.39, 0.29) is 12.2 Å². The van der Waals surface area contributed by atoms with E-state index in [1.165, 1.54) is 12.8 Å². The second-order valence-corrected chi connectivity index (χ2v) is 7.78. The lowest BCUT2D eigenvalue weighted by Crippen LogP contribution is -2.44. The van der Waals surface area contributed by atoms with Crippen LogP contribution in [-0.2, 0) is 12.0 Å². The van der Waals surface area contributed by atoms with Gasteiger partial charge in [-0.3, -0.25) is 9.18 Å². The number of alkyl halides is 1. The molecule has 0 bridgehead atoms. The van der Waals surface area contributed by atoms with Gasteiger partial charge in [-0.05, 0) is 43.2 Å². The highest BCUT2D eigenvalue weighted by Gasteiger charge is 2.37. The molecule has 26 heavy (non-hydrogen) atoms. The largest absolute Gasteiger partial charge is 0.393 e. The molecule has 0 radical (unpaired) electrons. The molecule has 5 heteroatoms. The normalized spacial score (nSPS) is 19.5. The summed E-state index contributed by atoms with van der Waals surface area (Å²) in [6.45, 7) is 1.82. The Hall–Kier alpha value is -2.30. The van der Waals surface area contributed by atoms with Crippen LogP contribution in [-0.4, -0.2) is 24.3 Å². The van der Waals surface area contributed by atoms with E-state index in [0.717, 1.165) is 30.6 Å². The highest BCUT2D eigenvalue weighted by Crippen LogP contribution is 2.38. The molecule has 1 aliphatic carbocycles. The van der Waals surface area contributed by atoms with E-state index in [1.54, 1.807) is 4.57 Å². The second kappa shape index (κ2) is 6.78. The zero-order valence-electron chi connectivity index (χ0n) is 15.0. The van der Waals surface area contributed by atoms with Gasteiger partial charge in [0.15, 0.2) is 0 Å². The first-order valence-corrected chi connectivity index (χ1v) is 9.48. The van der Waals surface area contributed by atoms with Crippen LogP contribution < -0.4 is 16.2 Å². The van der Waals surface area contributed by atoms with Crippen LogP contribution >= 0.6 is 0 Å². The summed E-state index contributed by atoms with van der Waals surface area (Å²) in [6, 6.07) is 11.9. The molecule has 0 spiro atoms. The number of nitrogens with two attached hydrogens (primary N) is 1. The van der Waals surface area contributed by atoms with Gasteiger partial charge in [-0.15, -0.1) is 0 Å². The average molecular weight is 355 g/mol. The minimum Gasteiger partial charge on any atom is -0.393 e. The number of halogens is 1. The van der Waals surface area contributed by atoms with Crippen LogP contribution in [0.1, 0.15) is 31.2 Å². The molecule has 1 aromatic heterocycles. The fourth-order valence-electron chi connectivity index (χ4n) is 4.05. The molecule has 4 rings (SSSR count). The molecule has 2 aromatic rings. The molecular weight excluding hydrogens is 329 g/mol. The molecule has 1 aliphatic heterocycles. The maximum absolute atomic E-state index is 14.0. The number of piperidine rings is 1. The fourth-order valence-corrected chi connectivity index (χ4v) is 4.05. The quantitative estimate of drug-likeness (QED) is 0.895. The Morgan fingerprint density at radius 2 is 1.81 bits per heavy atom. The molecule has 0 amide bonds. The monoisotopic (exact) mass is 355 g/mol. The smallest absolute Gasteiger partial charge is 0.275 e. The Bertz CT molecular complexity index is 821. The van der Waals surface area contributed by atoms with Crippen molar-refractivity contribution in [2.75, 3.05) is 30.4 Å². The van der Waals surface area contributed by atoms with Crippen molar-refractivity contribution in [2.24, 2.45) is 5.92 Å². The van der Waals surface area contributed by atoms with Crippen LogP contribution in [0.5, 0.6) is 0 Å². The molecule has 2 fully saturated rings. The highest BCUT2D eigenvalue weighted by molar-refractivity contribution is 5.66. The van der Waals surface area contributed by atoms with Crippen molar-refractivity contribution in [1.29, 1.82) is 0 Å². The van der Waals surface area contributed by atoms with Crippen LogP contribution in [0.15, 0.2) is 47.4 Å². The van der Waals surface area contributed by atoms with Crippen molar-refractivity contribution in [1.82, 2.24) is 4.57 Å². The third-order valence-electron chi connectivity index (χ3n) is 6.03. The number of rotatable bonds is 5. The zero-order chi connectivity index (χ0) is 18.1. The first-order chi connectivity index (χ1) is 12.6. The topological polar surface area (TPSA) is 51.3 Å². The van der Waals surface area contributed by atoms with E-state index in [4.69, 9.17) is 5.73 Å². The van der Waals surface area contributed by atoms with Gasteiger partial charge in [0.1, 0.15) is 5.69 Å². The number of hydrogen-bond acceptors (Lipinski definition) is 3. The SMILES string of the molecule is Nc1c(N2CCC(CF)(c3ccccc3)CC2)ccn(CC2CC2)c1=O. The van der Waals surface area contributed by atoms with Gasteiger partial charge in [-0.25, -0.2) is 0 Å². The van der Waals surface area contributed by atoms with E-state index in [0.29, 0.717) is 24.7 Å². The van der Waals surface area contributed by atoms with Crippen molar-refractivity contribution in [3.63, 3.8) is 0 Å². The van der Waals surface area contributed by atoms with E-state index >= 15 is 0 Å². The van der Waals surface area contributed by atoms with Gasteiger partial charge >= 0.3 is 0 Å². The molecule has 1 saturated heterocycles. The minimum absolute atomic E-state index is 0.0974. The third-order valence-corrected chi connectivity index (χ3v) is 6.03. The van der Waals surface area contributed by atoms with E-state index < -0.39 is 5.41 Å². The Morgan fingerprint density at radius 3 is 2.42 bits per heavy atom. The molecule has 4 nitrogen and oxygen atoms in total. The first-order valence-electron chi connectivity index (χ1n) is 9.48. The van der Waals surface area contributed by atoms with Crippen LogP contribution in [0.3, 0.4) is 0 Å². The second-order valence-electron chi connectivity index (χ2n) is 7.78. The van der Waals surface area contributed by atoms with Crippen LogP contribution in [0, 0.1) is 5.92 Å². The lowest BCUT2D eigenvalue weighted by atomic mass is 9.74. The van der Waals surface area contributed by atoms with Crippen molar-refractivity contribution >= 4 is 11.4 Å². The molecular formula is C21H26FN3O. The maximum Gasteiger partial charge on any atom is 0.275 e. The molecule has 2 N–H and O–H groups in total. The standard InChI is InChI=1S/C21H26FN3O/c22-15-21(17-4-2-1-3-5-17)9-12-24(13-10-21)18-8-11-25(14-16-6-7-16)20(26)19(18)23/h1-5,8,11,16H,6-7,9-10,12-15,23H2. The lowest BCUT2D eigenvalue weighted by molar-refractivity contribution is 0.251. The van der Waals surface area contributed by atoms with E-state index in [1.807, 2.05) is 42.6 Å². The Kier molecular flexibility index (Phi) is 4.47. The predicted octanol–water partition coefficient (Wildman–Crippen LogP) is 3.35. The summed E-state index contributed by atoms with van der Waals surface area (Å²) < 4.78 is 15.7. The van der Waals surface area contributed by atoms with Gasteiger partial charge in [0, 0.05) is 31.2 Å². The maximum atomic E-state index is 14.0. The number of nitrogen functional groups attached to an aromatic ring is 1. The van der Waals surface area contributed by atoms with E-state index in [9.17, 15) is 9.18 Å². The highest BCUT2D eigenvalue weighted by atomic mass is 19.1. The number of hydrogen-bond donors (Lipinski definition) is 1. The van der Waals surface area contributed by atoms with Gasteiger partial charge in [0.05, 0.1) is 12.4 Å².